The number of hydrogen-bond acceptors (Lipinski definition) is 8. The van der Waals surface area contributed by atoms with Crippen LogP contribution in [0.5, 0.6) is 5.75 Å². The van der Waals surface area contributed by atoms with Crippen LogP contribution in [-0.2, 0) is 0 Å². The number of nitrogens with zero attached hydrogens (tertiary/aromatic N) is 3. The molecule has 2 unspecified atom stereocenters. The van der Waals surface area contributed by atoms with Gasteiger partial charge in [-0.05, 0) is 69.9 Å². The summed E-state index contributed by atoms with van der Waals surface area (Å²) in [6.07, 6.45) is 5.68. The van der Waals surface area contributed by atoms with Gasteiger partial charge in [0.05, 0.1) is 16.0 Å². The average molecular weight is 513 g/mol. The van der Waals surface area contributed by atoms with E-state index < -0.39 is 0 Å². The second kappa shape index (κ2) is 11.1. The Kier molecular flexibility index (Phi) is 7.64. The topological polar surface area (TPSA) is 91.4 Å². The number of aryl methyl sites for hydroxylation is 1. The molecule has 2 atom stereocenters. The van der Waals surface area contributed by atoms with Crippen LogP contribution < -0.4 is 20.7 Å². The summed E-state index contributed by atoms with van der Waals surface area (Å²) in [5, 5.41) is 10.6. The highest BCUT2D eigenvalue weighted by molar-refractivity contribution is 7.20. The number of hydrogen-bond donors (Lipinski definition) is 3. The summed E-state index contributed by atoms with van der Waals surface area (Å²) in [5.41, 5.74) is 1.45. The van der Waals surface area contributed by atoms with Gasteiger partial charge in [0.1, 0.15) is 34.6 Å². The van der Waals surface area contributed by atoms with Gasteiger partial charge in [-0.2, -0.15) is 0 Å². The Labute approximate surface area is 214 Å². The summed E-state index contributed by atoms with van der Waals surface area (Å²) < 4.78 is 20.2. The van der Waals surface area contributed by atoms with Gasteiger partial charge in [0.2, 0.25) is 0 Å². The van der Waals surface area contributed by atoms with Crippen molar-refractivity contribution in [3.05, 3.63) is 40.8 Å². The Morgan fingerprint density at radius 1 is 1.31 bits per heavy atom. The third-order valence-electron chi connectivity index (χ3n) is 7.08. The second-order valence-electron chi connectivity index (χ2n) is 9.44. The first kappa shape index (κ1) is 24.9. The minimum absolute atomic E-state index is 0.0202. The number of rotatable bonds is 8. The van der Waals surface area contributed by atoms with Crippen LogP contribution in [0.4, 0.5) is 15.9 Å². The van der Waals surface area contributed by atoms with Gasteiger partial charge < -0.3 is 20.7 Å². The number of fused-ring (bicyclic) bond motifs is 1. The van der Waals surface area contributed by atoms with E-state index in [4.69, 9.17) is 4.74 Å². The van der Waals surface area contributed by atoms with E-state index in [9.17, 15) is 9.18 Å². The molecular formula is C26H33FN6O2S. The lowest BCUT2D eigenvalue weighted by Crippen LogP contribution is -2.39. The van der Waals surface area contributed by atoms with Gasteiger partial charge in [-0.1, -0.05) is 6.92 Å². The number of carbonyl (C=O) groups excluding carboxylic acids is 1. The molecule has 4 heterocycles. The van der Waals surface area contributed by atoms with Crippen molar-refractivity contribution < 1.29 is 13.9 Å². The Bertz CT molecular complexity index is 1230. The van der Waals surface area contributed by atoms with Crippen molar-refractivity contribution in [2.45, 2.75) is 51.7 Å². The van der Waals surface area contributed by atoms with Crippen molar-refractivity contribution >= 4 is 39.0 Å². The van der Waals surface area contributed by atoms with Gasteiger partial charge in [0.25, 0.3) is 5.91 Å². The van der Waals surface area contributed by atoms with E-state index in [2.05, 4.69) is 37.7 Å². The average Bonchev–Trinajstić information content (AvgIpc) is 3.49. The molecule has 3 aromatic rings. The van der Waals surface area contributed by atoms with E-state index in [1.54, 1.807) is 6.07 Å². The van der Waals surface area contributed by atoms with Gasteiger partial charge in [-0.3, -0.25) is 9.69 Å². The lowest BCUT2D eigenvalue weighted by atomic mass is 10.1. The predicted octanol–water partition coefficient (Wildman–Crippen LogP) is 4.23. The Balaban J connectivity index is 1.37. The summed E-state index contributed by atoms with van der Waals surface area (Å²) in [5.74, 6) is 0.569. The fraction of sp³-hybridized carbons (Fsp3) is 0.500. The monoisotopic (exact) mass is 512 g/mol. The number of aromatic nitrogens is 2. The number of likely N-dealkylation sites (tertiary alicyclic amines) is 1. The van der Waals surface area contributed by atoms with Crippen LogP contribution in [-0.4, -0.2) is 65.6 Å². The first-order valence-corrected chi connectivity index (χ1v) is 13.6. The molecule has 36 heavy (non-hydrogen) atoms. The second-order valence-corrected chi connectivity index (χ2v) is 10.4. The zero-order valence-corrected chi connectivity index (χ0v) is 21.6. The summed E-state index contributed by atoms with van der Waals surface area (Å²) in [6, 6.07) is 4.85. The highest BCUT2D eigenvalue weighted by Crippen LogP contribution is 2.37. The molecule has 8 nitrogen and oxygen atoms in total. The van der Waals surface area contributed by atoms with Crippen molar-refractivity contribution in [3.8, 4) is 5.75 Å². The number of likely N-dealkylation sites (N-methyl/N-ethyl adjacent to an activating group) is 1. The van der Waals surface area contributed by atoms with E-state index in [0.717, 1.165) is 61.2 Å². The summed E-state index contributed by atoms with van der Waals surface area (Å²) in [6.45, 7) is 8.52. The van der Waals surface area contributed by atoms with Gasteiger partial charge in [-0.25, -0.2) is 14.4 Å². The lowest BCUT2D eigenvalue weighted by molar-refractivity contribution is 0.0945. The molecule has 2 fully saturated rings. The molecule has 0 radical (unpaired) electrons. The lowest BCUT2D eigenvalue weighted by Gasteiger charge is -2.25. The molecule has 0 saturated carbocycles. The maximum Gasteiger partial charge on any atom is 0.261 e. The highest BCUT2D eigenvalue weighted by Gasteiger charge is 2.25. The smallest absolute Gasteiger partial charge is 0.261 e. The largest absolute Gasteiger partial charge is 0.487 e. The van der Waals surface area contributed by atoms with Crippen molar-refractivity contribution in [1.82, 2.24) is 25.5 Å². The molecular weight excluding hydrogens is 479 g/mol. The molecule has 2 aromatic heterocycles. The Morgan fingerprint density at radius 2 is 2.19 bits per heavy atom. The fourth-order valence-corrected chi connectivity index (χ4v) is 6.21. The summed E-state index contributed by atoms with van der Waals surface area (Å²) in [4.78, 5) is 25.8. The predicted molar refractivity (Wildman–Crippen MR) is 141 cm³/mol. The number of nitrogens with one attached hydrogen (secondary N) is 3. The number of carbonyl (C=O) groups is 1. The van der Waals surface area contributed by atoms with Crippen LogP contribution in [0.2, 0.25) is 0 Å². The zero-order chi connectivity index (χ0) is 25.1. The van der Waals surface area contributed by atoms with Gasteiger partial charge in [0.15, 0.2) is 0 Å². The third kappa shape index (κ3) is 5.30. The van der Waals surface area contributed by atoms with Crippen LogP contribution in [0, 0.1) is 12.7 Å². The van der Waals surface area contributed by atoms with Gasteiger partial charge >= 0.3 is 0 Å². The maximum absolute atomic E-state index is 14.1. The van der Waals surface area contributed by atoms with Crippen molar-refractivity contribution in [2.75, 3.05) is 38.0 Å². The van der Waals surface area contributed by atoms with E-state index in [1.165, 1.54) is 36.2 Å². The highest BCUT2D eigenvalue weighted by atomic mass is 32.1. The van der Waals surface area contributed by atoms with Crippen molar-refractivity contribution in [3.63, 3.8) is 0 Å². The maximum atomic E-state index is 14.1. The van der Waals surface area contributed by atoms with Crippen molar-refractivity contribution in [1.29, 1.82) is 0 Å². The molecule has 0 bridgehead atoms. The minimum atomic E-state index is -0.360. The van der Waals surface area contributed by atoms with Crippen LogP contribution in [0.15, 0.2) is 24.5 Å². The van der Waals surface area contributed by atoms with Crippen LogP contribution in [0.1, 0.15) is 47.8 Å². The number of anilines is 2. The van der Waals surface area contributed by atoms with E-state index in [-0.39, 0.29) is 17.8 Å². The number of piperidine rings is 1. The number of thiophene rings is 1. The number of ether oxygens (including phenoxy) is 1. The SMILES string of the molecule is CCN1CCCC1CNC(=O)c1sc2ncnc(Nc3ccc(F)cc3OC3CCCNC3)c2c1C. The van der Waals surface area contributed by atoms with Gasteiger partial charge in [0, 0.05) is 25.2 Å². The molecule has 1 amide bonds. The van der Waals surface area contributed by atoms with Gasteiger partial charge in [-0.15, -0.1) is 11.3 Å². The van der Waals surface area contributed by atoms with Crippen LogP contribution in [0.3, 0.4) is 0 Å². The molecule has 2 aliphatic heterocycles. The van der Waals surface area contributed by atoms with E-state index >= 15 is 0 Å². The molecule has 0 spiro atoms. The summed E-state index contributed by atoms with van der Waals surface area (Å²) >= 11 is 1.36. The first-order valence-electron chi connectivity index (χ1n) is 12.7. The number of halogens is 1. The number of amides is 1. The normalized spacial score (nSPS) is 20.5. The zero-order valence-electron chi connectivity index (χ0n) is 20.8. The molecule has 2 saturated heterocycles. The molecule has 0 aliphatic carbocycles. The van der Waals surface area contributed by atoms with E-state index in [1.807, 2.05) is 6.92 Å². The molecule has 3 N–H and O–H groups in total. The molecule has 1 aromatic carbocycles. The number of benzene rings is 1. The van der Waals surface area contributed by atoms with E-state index in [0.29, 0.717) is 34.7 Å². The molecule has 192 valence electrons. The molecule has 10 heteroatoms. The molecule has 5 rings (SSSR count). The Morgan fingerprint density at radius 3 is 3.00 bits per heavy atom. The standard InChI is InChI=1S/C26H33FN6O2S/c1-3-33-11-5-6-18(33)13-29-25(34)23-16(2)22-24(30-15-31-26(22)36-23)32-20-9-8-17(27)12-21(20)35-19-7-4-10-28-14-19/h8-9,12,15,18-19,28H,3-7,10-11,13-14H2,1-2H3,(H,29,34)(H,30,31,32). The quantitative estimate of drug-likeness (QED) is 0.416. The minimum Gasteiger partial charge on any atom is -0.487 e. The van der Waals surface area contributed by atoms with Crippen LogP contribution >= 0.6 is 11.3 Å². The van der Waals surface area contributed by atoms with Crippen LogP contribution in [0.25, 0.3) is 10.2 Å². The summed E-state index contributed by atoms with van der Waals surface area (Å²) in [7, 11) is 0. The van der Waals surface area contributed by atoms with Crippen molar-refractivity contribution in [2.24, 2.45) is 0 Å². The third-order valence-corrected chi connectivity index (χ3v) is 8.28. The fourth-order valence-electron chi connectivity index (χ4n) is 5.14. The Hall–Kier alpha value is -2.82. The first-order chi connectivity index (χ1) is 17.5. The molecule has 2 aliphatic rings.